The van der Waals surface area contributed by atoms with Crippen molar-refractivity contribution in [1.82, 2.24) is 0 Å². The highest BCUT2D eigenvalue weighted by molar-refractivity contribution is 5.16. The lowest BCUT2D eigenvalue weighted by Gasteiger charge is -2.40. The Hall–Kier alpha value is -0.970. The number of rotatable bonds is 1. The van der Waals surface area contributed by atoms with Crippen molar-refractivity contribution >= 4 is 0 Å². The molecule has 4 atom stereocenters. The molecule has 17 heavy (non-hydrogen) atoms. The van der Waals surface area contributed by atoms with Crippen molar-refractivity contribution in [3.8, 4) is 0 Å². The van der Waals surface area contributed by atoms with E-state index in [1.165, 1.54) is 0 Å². The van der Waals surface area contributed by atoms with Gasteiger partial charge in [-0.15, -0.1) is 0 Å². The number of ether oxygens (including phenoxy) is 3. The summed E-state index contributed by atoms with van der Waals surface area (Å²) < 4.78 is 30.4. The summed E-state index contributed by atoms with van der Waals surface area (Å²) in [7, 11) is 0. The van der Waals surface area contributed by atoms with Crippen molar-refractivity contribution in [3.63, 3.8) is 0 Å². The standard InChI is InChI=1S/C13H15FO3/c14-10-6-7-15-11-8-16-13(17-12(10)11)9-4-2-1-3-5-9/h1-5,10-13H,6-8H2/t10-,11-,12+,13?/m1/s1. The van der Waals surface area contributed by atoms with Gasteiger partial charge in [0, 0.05) is 12.0 Å². The van der Waals surface area contributed by atoms with E-state index in [1.54, 1.807) is 0 Å². The Morgan fingerprint density at radius 1 is 1.12 bits per heavy atom. The van der Waals surface area contributed by atoms with Crippen LogP contribution < -0.4 is 0 Å². The fourth-order valence-corrected chi connectivity index (χ4v) is 2.29. The molecule has 3 nitrogen and oxygen atoms in total. The monoisotopic (exact) mass is 238 g/mol. The average molecular weight is 238 g/mol. The Morgan fingerprint density at radius 2 is 1.94 bits per heavy atom. The second kappa shape index (κ2) is 4.72. The lowest BCUT2D eigenvalue weighted by Crippen LogP contribution is -2.50. The fraction of sp³-hybridized carbons (Fsp3) is 0.538. The van der Waals surface area contributed by atoms with Crippen molar-refractivity contribution in [1.29, 1.82) is 0 Å². The van der Waals surface area contributed by atoms with Gasteiger partial charge in [-0.3, -0.25) is 0 Å². The molecule has 1 aromatic rings. The van der Waals surface area contributed by atoms with E-state index in [0.717, 1.165) is 5.56 Å². The zero-order chi connectivity index (χ0) is 11.7. The number of halogens is 1. The summed E-state index contributed by atoms with van der Waals surface area (Å²) in [6, 6.07) is 9.59. The molecule has 0 spiro atoms. The van der Waals surface area contributed by atoms with E-state index in [2.05, 4.69) is 0 Å². The topological polar surface area (TPSA) is 27.7 Å². The van der Waals surface area contributed by atoms with Crippen molar-refractivity contribution < 1.29 is 18.6 Å². The van der Waals surface area contributed by atoms with Crippen molar-refractivity contribution in [2.24, 2.45) is 0 Å². The number of hydrogen-bond donors (Lipinski definition) is 0. The van der Waals surface area contributed by atoms with Crippen LogP contribution in [0.2, 0.25) is 0 Å². The predicted octanol–water partition coefficient (Wildman–Crippen LogP) is 2.23. The zero-order valence-electron chi connectivity index (χ0n) is 9.42. The van der Waals surface area contributed by atoms with Crippen LogP contribution in [0.15, 0.2) is 30.3 Å². The van der Waals surface area contributed by atoms with Crippen LogP contribution in [0.5, 0.6) is 0 Å². The van der Waals surface area contributed by atoms with Crippen LogP contribution >= 0.6 is 0 Å². The van der Waals surface area contributed by atoms with Crippen molar-refractivity contribution in [3.05, 3.63) is 35.9 Å². The molecule has 0 saturated carbocycles. The van der Waals surface area contributed by atoms with E-state index >= 15 is 0 Å². The average Bonchev–Trinajstić information content (AvgIpc) is 2.40. The van der Waals surface area contributed by atoms with Crippen molar-refractivity contribution in [2.45, 2.75) is 31.1 Å². The van der Waals surface area contributed by atoms with Gasteiger partial charge in [-0.25, -0.2) is 4.39 Å². The summed E-state index contributed by atoms with van der Waals surface area (Å²) >= 11 is 0. The summed E-state index contributed by atoms with van der Waals surface area (Å²) in [4.78, 5) is 0. The van der Waals surface area contributed by atoms with E-state index in [0.29, 0.717) is 19.6 Å². The smallest absolute Gasteiger partial charge is 0.184 e. The SMILES string of the molecule is F[C@@H]1CCO[C@@H]2COC(c3ccccc3)O[C@@H]12. The van der Waals surface area contributed by atoms with Gasteiger partial charge >= 0.3 is 0 Å². The molecule has 2 aliphatic heterocycles. The molecule has 1 aromatic carbocycles. The van der Waals surface area contributed by atoms with Crippen LogP contribution in [-0.2, 0) is 14.2 Å². The molecule has 1 unspecified atom stereocenters. The van der Waals surface area contributed by atoms with Gasteiger partial charge in [-0.1, -0.05) is 30.3 Å². The van der Waals surface area contributed by atoms with E-state index in [9.17, 15) is 4.39 Å². The maximum atomic E-state index is 13.7. The molecule has 4 heteroatoms. The van der Waals surface area contributed by atoms with E-state index in [4.69, 9.17) is 14.2 Å². The first-order chi connectivity index (χ1) is 8.34. The normalized spacial score (nSPS) is 37.5. The Bertz CT molecular complexity index is 370. The van der Waals surface area contributed by atoms with Gasteiger partial charge in [0.05, 0.1) is 13.2 Å². The van der Waals surface area contributed by atoms with Crippen LogP contribution in [0.25, 0.3) is 0 Å². The first-order valence-corrected chi connectivity index (χ1v) is 5.92. The van der Waals surface area contributed by atoms with Gasteiger partial charge in [0.15, 0.2) is 6.29 Å². The number of alkyl halides is 1. The molecule has 2 fully saturated rings. The van der Waals surface area contributed by atoms with Gasteiger partial charge in [0.25, 0.3) is 0 Å². The molecule has 0 amide bonds. The van der Waals surface area contributed by atoms with Crippen LogP contribution in [0.4, 0.5) is 4.39 Å². The third-order valence-corrected chi connectivity index (χ3v) is 3.21. The Kier molecular flexibility index (Phi) is 3.09. The molecule has 3 rings (SSSR count). The molecular weight excluding hydrogens is 223 g/mol. The summed E-state index contributed by atoms with van der Waals surface area (Å²) in [5.74, 6) is 0. The molecule has 92 valence electrons. The van der Waals surface area contributed by atoms with Crippen LogP contribution in [0, 0.1) is 0 Å². The zero-order valence-corrected chi connectivity index (χ0v) is 9.42. The van der Waals surface area contributed by atoms with Crippen LogP contribution in [0.1, 0.15) is 18.3 Å². The molecule has 0 aliphatic carbocycles. The second-order valence-corrected chi connectivity index (χ2v) is 4.39. The Morgan fingerprint density at radius 3 is 2.76 bits per heavy atom. The predicted molar refractivity (Wildman–Crippen MR) is 59.3 cm³/mol. The van der Waals surface area contributed by atoms with Gasteiger partial charge < -0.3 is 14.2 Å². The maximum absolute atomic E-state index is 13.7. The number of hydrogen-bond acceptors (Lipinski definition) is 3. The Balaban J connectivity index is 1.74. The summed E-state index contributed by atoms with van der Waals surface area (Å²) in [5, 5.41) is 0. The first kappa shape index (κ1) is 11.1. The largest absolute Gasteiger partial charge is 0.373 e. The molecule has 0 N–H and O–H groups in total. The summed E-state index contributed by atoms with van der Waals surface area (Å²) in [5.41, 5.74) is 0.920. The van der Waals surface area contributed by atoms with E-state index in [1.807, 2.05) is 30.3 Å². The minimum Gasteiger partial charge on any atom is -0.373 e. The minimum absolute atomic E-state index is 0.265. The van der Waals surface area contributed by atoms with E-state index in [-0.39, 0.29) is 6.10 Å². The van der Waals surface area contributed by atoms with Crippen LogP contribution in [-0.4, -0.2) is 31.6 Å². The van der Waals surface area contributed by atoms with Crippen LogP contribution in [0.3, 0.4) is 0 Å². The highest BCUT2D eigenvalue weighted by Crippen LogP contribution is 2.32. The first-order valence-electron chi connectivity index (χ1n) is 5.92. The van der Waals surface area contributed by atoms with E-state index < -0.39 is 18.6 Å². The molecule has 0 aromatic heterocycles. The Labute approximate surface area is 99.5 Å². The highest BCUT2D eigenvalue weighted by Gasteiger charge is 2.41. The molecular formula is C13H15FO3. The fourth-order valence-electron chi connectivity index (χ4n) is 2.29. The molecule has 2 aliphatic rings. The number of fused-ring (bicyclic) bond motifs is 1. The quantitative estimate of drug-likeness (QED) is 0.751. The minimum atomic E-state index is -0.955. The van der Waals surface area contributed by atoms with Gasteiger partial charge in [-0.05, 0) is 0 Å². The van der Waals surface area contributed by atoms with Gasteiger partial charge in [0.1, 0.15) is 18.4 Å². The number of benzene rings is 1. The third-order valence-electron chi connectivity index (χ3n) is 3.21. The van der Waals surface area contributed by atoms with Gasteiger partial charge in [0.2, 0.25) is 0 Å². The lowest BCUT2D eigenvalue weighted by atomic mass is 10.0. The summed E-state index contributed by atoms with van der Waals surface area (Å²) in [6.07, 6.45) is -1.79. The molecule has 2 heterocycles. The second-order valence-electron chi connectivity index (χ2n) is 4.39. The lowest BCUT2D eigenvalue weighted by molar-refractivity contribution is -0.291. The third kappa shape index (κ3) is 2.20. The molecule has 2 saturated heterocycles. The highest BCUT2D eigenvalue weighted by atomic mass is 19.1. The molecule has 0 radical (unpaired) electrons. The summed E-state index contributed by atoms with van der Waals surface area (Å²) in [6.45, 7) is 0.843. The van der Waals surface area contributed by atoms with Crippen molar-refractivity contribution in [2.75, 3.05) is 13.2 Å². The molecule has 0 bridgehead atoms. The van der Waals surface area contributed by atoms with Gasteiger partial charge in [-0.2, -0.15) is 0 Å². The maximum Gasteiger partial charge on any atom is 0.184 e.